The highest BCUT2D eigenvalue weighted by atomic mass is 19.1. The van der Waals surface area contributed by atoms with Crippen LogP contribution < -0.4 is 5.32 Å². The number of halogens is 1. The number of nitrogens with one attached hydrogen (secondary N) is 1. The molecule has 18 heavy (non-hydrogen) atoms. The van der Waals surface area contributed by atoms with Crippen LogP contribution in [0.1, 0.15) is 16.8 Å². The SMILES string of the molecule is Cc1cc(F)cc(Nc2nc(C)ccc2C#N)c1. The van der Waals surface area contributed by atoms with Crippen molar-refractivity contribution in [2.24, 2.45) is 0 Å². The van der Waals surface area contributed by atoms with Crippen molar-refractivity contribution in [3.8, 4) is 6.07 Å². The molecule has 4 heteroatoms. The zero-order valence-electron chi connectivity index (χ0n) is 10.2. The maximum atomic E-state index is 13.3. The number of pyridine rings is 1. The topological polar surface area (TPSA) is 48.7 Å². The van der Waals surface area contributed by atoms with E-state index in [4.69, 9.17) is 5.26 Å². The van der Waals surface area contributed by atoms with Gasteiger partial charge in [-0.05, 0) is 49.7 Å². The summed E-state index contributed by atoms with van der Waals surface area (Å²) in [6, 6.07) is 10.1. The van der Waals surface area contributed by atoms with Gasteiger partial charge in [0.2, 0.25) is 0 Å². The van der Waals surface area contributed by atoms with Gasteiger partial charge in [0.05, 0.1) is 5.56 Å². The van der Waals surface area contributed by atoms with Crippen LogP contribution in [0.15, 0.2) is 30.3 Å². The average molecular weight is 241 g/mol. The number of hydrogen-bond donors (Lipinski definition) is 1. The molecule has 0 spiro atoms. The molecule has 2 aromatic rings. The Kier molecular flexibility index (Phi) is 3.24. The van der Waals surface area contributed by atoms with Crippen LogP contribution in [0.3, 0.4) is 0 Å². The van der Waals surface area contributed by atoms with Crippen LogP contribution in [0, 0.1) is 31.0 Å². The van der Waals surface area contributed by atoms with Gasteiger partial charge in [0.25, 0.3) is 0 Å². The lowest BCUT2D eigenvalue weighted by molar-refractivity contribution is 0.627. The van der Waals surface area contributed by atoms with Crippen LogP contribution in [0.5, 0.6) is 0 Å². The Morgan fingerprint density at radius 3 is 2.67 bits per heavy atom. The Morgan fingerprint density at radius 2 is 2.00 bits per heavy atom. The van der Waals surface area contributed by atoms with E-state index in [0.717, 1.165) is 11.3 Å². The lowest BCUT2D eigenvalue weighted by atomic mass is 10.2. The Balaban J connectivity index is 2.39. The molecule has 1 aromatic heterocycles. The largest absolute Gasteiger partial charge is 0.339 e. The maximum Gasteiger partial charge on any atom is 0.148 e. The second kappa shape index (κ2) is 4.84. The summed E-state index contributed by atoms with van der Waals surface area (Å²) >= 11 is 0. The monoisotopic (exact) mass is 241 g/mol. The van der Waals surface area contributed by atoms with Crippen LogP contribution in [-0.2, 0) is 0 Å². The minimum absolute atomic E-state index is 0.316. The highest BCUT2D eigenvalue weighted by molar-refractivity contribution is 5.63. The number of nitrogens with zero attached hydrogens (tertiary/aromatic N) is 2. The van der Waals surface area contributed by atoms with Crippen LogP contribution in [0.4, 0.5) is 15.9 Å². The summed E-state index contributed by atoms with van der Waals surface area (Å²) in [5.74, 6) is 0.131. The first kappa shape index (κ1) is 12.1. The normalized spacial score (nSPS) is 9.89. The van der Waals surface area contributed by atoms with Gasteiger partial charge in [-0.2, -0.15) is 5.26 Å². The van der Waals surface area contributed by atoms with Gasteiger partial charge in [-0.1, -0.05) is 0 Å². The van der Waals surface area contributed by atoms with Crippen molar-refractivity contribution < 1.29 is 4.39 Å². The number of aryl methyl sites for hydroxylation is 2. The van der Waals surface area contributed by atoms with Gasteiger partial charge in [-0.3, -0.25) is 0 Å². The Bertz CT molecular complexity index is 609. The molecule has 3 nitrogen and oxygen atoms in total. The molecular weight excluding hydrogens is 229 g/mol. The van der Waals surface area contributed by atoms with Crippen molar-refractivity contribution in [1.82, 2.24) is 4.98 Å². The van der Waals surface area contributed by atoms with Crippen LogP contribution >= 0.6 is 0 Å². The number of hydrogen-bond acceptors (Lipinski definition) is 3. The molecule has 2 rings (SSSR count). The summed E-state index contributed by atoms with van der Waals surface area (Å²) in [6.07, 6.45) is 0. The van der Waals surface area contributed by atoms with E-state index in [-0.39, 0.29) is 5.82 Å². The van der Waals surface area contributed by atoms with E-state index in [9.17, 15) is 4.39 Å². The summed E-state index contributed by atoms with van der Waals surface area (Å²) in [6.45, 7) is 3.65. The molecule has 1 aromatic carbocycles. The Hall–Kier alpha value is -2.41. The van der Waals surface area contributed by atoms with Gasteiger partial charge < -0.3 is 5.32 Å². The number of anilines is 2. The zero-order valence-corrected chi connectivity index (χ0v) is 10.2. The van der Waals surface area contributed by atoms with E-state index in [0.29, 0.717) is 17.1 Å². The van der Waals surface area contributed by atoms with Crippen LogP contribution in [-0.4, -0.2) is 4.98 Å². The molecule has 0 fully saturated rings. The van der Waals surface area contributed by atoms with Crippen molar-refractivity contribution in [3.63, 3.8) is 0 Å². The molecule has 0 amide bonds. The first-order chi connectivity index (χ1) is 8.58. The van der Waals surface area contributed by atoms with E-state index in [1.54, 1.807) is 18.2 Å². The highest BCUT2D eigenvalue weighted by Gasteiger charge is 2.05. The summed E-state index contributed by atoms with van der Waals surface area (Å²) in [5.41, 5.74) is 2.62. The molecular formula is C14H12FN3. The third kappa shape index (κ3) is 2.64. The van der Waals surface area contributed by atoms with Gasteiger partial charge in [-0.25, -0.2) is 9.37 Å². The predicted octanol–water partition coefficient (Wildman–Crippen LogP) is 3.45. The van der Waals surface area contributed by atoms with Crippen molar-refractivity contribution in [2.75, 3.05) is 5.32 Å². The van der Waals surface area contributed by atoms with Crippen molar-refractivity contribution in [2.45, 2.75) is 13.8 Å². The third-order valence-electron chi connectivity index (χ3n) is 2.46. The molecule has 0 aliphatic heterocycles. The lowest BCUT2D eigenvalue weighted by Gasteiger charge is -2.09. The number of nitriles is 1. The fourth-order valence-corrected chi connectivity index (χ4v) is 1.69. The molecule has 0 aliphatic carbocycles. The van der Waals surface area contributed by atoms with Gasteiger partial charge >= 0.3 is 0 Å². The van der Waals surface area contributed by atoms with E-state index >= 15 is 0 Å². The maximum absolute atomic E-state index is 13.3. The molecule has 0 saturated heterocycles. The lowest BCUT2D eigenvalue weighted by Crippen LogP contribution is -1.99. The minimum atomic E-state index is -0.316. The van der Waals surface area contributed by atoms with E-state index in [1.165, 1.54) is 12.1 Å². The summed E-state index contributed by atoms with van der Waals surface area (Å²) in [5, 5.41) is 12.0. The highest BCUT2D eigenvalue weighted by Crippen LogP contribution is 2.20. The van der Waals surface area contributed by atoms with E-state index in [1.807, 2.05) is 13.8 Å². The second-order valence-corrected chi connectivity index (χ2v) is 4.10. The molecule has 0 radical (unpaired) electrons. The molecule has 1 heterocycles. The van der Waals surface area contributed by atoms with Gasteiger partial charge in [0.15, 0.2) is 0 Å². The smallest absolute Gasteiger partial charge is 0.148 e. The minimum Gasteiger partial charge on any atom is -0.339 e. The second-order valence-electron chi connectivity index (χ2n) is 4.10. The van der Waals surface area contributed by atoms with Crippen LogP contribution in [0.25, 0.3) is 0 Å². The Morgan fingerprint density at radius 1 is 1.22 bits per heavy atom. The van der Waals surface area contributed by atoms with Crippen molar-refractivity contribution in [3.05, 3.63) is 53.0 Å². The first-order valence-corrected chi connectivity index (χ1v) is 5.50. The standard InChI is InChI=1S/C14H12FN3/c1-9-5-12(15)7-13(6-9)18-14-11(8-16)4-3-10(2)17-14/h3-7H,1-2H3,(H,17,18). The van der Waals surface area contributed by atoms with Gasteiger partial charge in [-0.15, -0.1) is 0 Å². The van der Waals surface area contributed by atoms with Crippen LogP contribution in [0.2, 0.25) is 0 Å². The predicted molar refractivity (Wildman–Crippen MR) is 68.1 cm³/mol. The number of benzene rings is 1. The average Bonchev–Trinajstić information content (AvgIpc) is 2.27. The summed E-state index contributed by atoms with van der Waals surface area (Å²) < 4.78 is 13.3. The van der Waals surface area contributed by atoms with Gasteiger partial charge in [0.1, 0.15) is 17.7 Å². The molecule has 0 atom stereocenters. The summed E-state index contributed by atoms with van der Waals surface area (Å²) in [4.78, 5) is 4.24. The Labute approximate surface area is 105 Å². The van der Waals surface area contributed by atoms with Gasteiger partial charge in [0, 0.05) is 11.4 Å². The zero-order chi connectivity index (χ0) is 13.1. The third-order valence-corrected chi connectivity index (χ3v) is 2.46. The number of rotatable bonds is 2. The molecule has 0 aliphatic rings. The van der Waals surface area contributed by atoms with E-state index < -0.39 is 0 Å². The first-order valence-electron chi connectivity index (χ1n) is 5.50. The summed E-state index contributed by atoms with van der Waals surface area (Å²) in [7, 11) is 0. The molecule has 90 valence electrons. The van der Waals surface area contributed by atoms with Crippen molar-refractivity contribution >= 4 is 11.5 Å². The molecule has 0 unspecified atom stereocenters. The molecule has 1 N–H and O–H groups in total. The van der Waals surface area contributed by atoms with E-state index in [2.05, 4.69) is 16.4 Å². The number of aromatic nitrogens is 1. The van der Waals surface area contributed by atoms with Crippen molar-refractivity contribution in [1.29, 1.82) is 5.26 Å². The fraction of sp³-hybridized carbons (Fsp3) is 0.143. The quantitative estimate of drug-likeness (QED) is 0.876. The fourth-order valence-electron chi connectivity index (χ4n) is 1.69. The molecule has 0 saturated carbocycles. The molecule has 0 bridgehead atoms.